The first-order valence-electron chi connectivity index (χ1n) is 8.38. The van der Waals surface area contributed by atoms with Gasteiger partial charge in [-0.3, -0.25) is 0 Å². The van der Waals surface area contributed by atoms with Gasteiger partial charge in [0.2, 0.25) is 15.7 Å². The Kier molecular flexibility index (Phi) is 5.64. The first-order chi connectivity index (χ1) is 13.2. The molecule has 0 bridgehead atoms. The van der Waals surface area contributed by atoms with Crippen LogP contribution in [0, 0.1) is 24.7 Å². The van der Waals surface area contributed by atoms with Crippen LogP contribution < -0.4 is 4.74 Å². The summed E-state index contributed by atoms with van der Waals surface area (Å²) in [6.45, 7) is 8.42. The monoisotopic (exact) mass is 424 g/mol. The molecule has 3 rings (SSSR count). The van der Waals surface area contributed by atoms with Crippen LogP contribution in [-0.4, -0.2) is 44.1 Å². The molecule has 0 atom stereocenters. The van der Waals surface area contributed by atoms with E-state index >= 15 is 0 Å². The van der Waals surface area contributed by atoms with Crippen molar-refractivity contribution in [3.8, 4) is 5.75 Å². The molecule has 28 heavy (non-hydrogen) atoms. The third-order valence-corrected chi connectivity index (χ3v) is 6.89. The van der Waals surface area contributed by atoms with Gasteiger partial charge in [0.25, 0.3) is 0 Å². The van der Waals surface area contributed by atoms with E-state index in [1.165, 1.54) is 28.6 Å². The summed E-state index contributed by atoms with van der Waals surface area (Å²) in [5.41, 5.74) is -0.341. The highest BCUT2D eigenvalue weighted by atomic mass is 35.5. The second-order valence-electron chi connectivity index (χ2n) is 6.85. The normalized spacial score (nSPS) is 16.2. The van der Waals surface area contributed by atoms with E-state index in [1.807, 2.05) is 0 Å². The Bertz CT molecular complexity index is 1050. The smallest absolute Gasteiger partial charge is 0.243 e. The minimum absolute atomic E-state index is 0.0198. The molecule has 0 spiro atoms. The number of rotatable bonds is 6. The van der Waals surface area contributed by atoms with Crippen LogP contribution in [0.2, 0.25) is 5.02 Å². The molecule has 1 aliphatic rings. The molecule has 0 aliphatic carbocycles. The SMILES string of the molecule is [C-]#[N+]c1ccc(OCC2(CO)CN(S(=O)(=O)c3ccc(Cl)cc3C)C2)cc1F. The summed E-state index contributed by atoms with van der Waals surface area (Å²) in [5, 5.41) is 10.2. The Labute approximate surface area is 168 Å². The molecule has 2 aromatic rings. The molecule has 9 heteroatoms. The van der Waals surface area contributed by atoms with Crippen molar-refractivity contribution in [3.05, 3.63) is 64.2 Å². The summed E-state index contributed by atoms with van der Waals surface area (Å²) in [6.07, 6.45) is 0. The van der Waals surface area contributed by atoms with Gasteiger partial charge in [0.1, 0.15) is 11.6 Å². The molecule has 1 saturated heterocycles. The van der Waals surface area contributed by atoms with Crippen LogP contribution in [0.25, 0.3) is 4.85 Å². The van der Waals surface area contributed by atoms with Crippen molar-refractivity contribution in [2.24, 2.45) is 5.41 Å². The number of hydrogen-bond acceptors (Lipinski definition) is 4. The predicted molar refractivity (Wildman–Crippen MR) is 103 cm³/mol. The highest BCUT2D eigenvalue weighted by Crippen LogP contribution is 2.36. The fourth-order valence-corrected chi connectivity index (χ4v) is 5.15. The number of hydrogen-bond donors (Lipinski definition) is 1. The average molecular weight is 425 g/mol. The molecule has 0 amide bonds. The maximum atomic E-state index is 13.7. The summed E-state index contributed by atoms with van der Waals surface area (Å²) >= 11 is 5.89. The van der Waals surface area contributed by atoms with Gasteiger partial charge in [-0.1, -0.05) is 11.6 Å². The molecular weight excluding hydrogens is 407 g/mol. The molecule has 0 saturated carbocycles. The van der Waals surface area contributed by atoms with Crippen LogP contribution in [0.4, 0.5) is 10.1 Å². The summed E-state index contributed by atoms with van der Waals surface area (Å²) < 4.78 is 46.1. The third kappa shape index (κ3) is 3.84. The Morgan fingerprint density at radius 3 is 2.61 bits per heavy atom. The minimum atomic E-state index is -3.71. The van der Waals surface area contributed by atoms with Crippen molar-refractivity contribution >= 4 is 27.3 Å². The number of nitrogens with zero attached hydrogens (tertiary/aromatic N) is 2. The van der Waals surface area contributed by atoms with E-state index in [0.29, 0.717) is 10.6 Å². The zero-order valence-electron chi connectivity index (χ0n) is 15.0. The number of benzene rings is 2. The van der Waals surface area contributed by atoms with E-state index in [1.54, 1.807) is 13.0 Å². The fourth-order valence-electron chi connectivity index (χ4n) is 3.05. The van der Waals surface area contributed by atoms with Crippen LogP contribution in [-0.2, 0) is 10.0 Å². The van der Waals surface area contributed by atoms with Crippen molar-refractivity contribution in [2.45, 2.75) is 11.8 Å². The van der Waals surface area contributed by atoms with Crippen LogP contribution in [0.1, 0.15) is 5.56 Å². The number of halogens is 2. The Morgan fingerprint density at radius 2 is 2.04 bits per heavy atom. The molecule has 2 aromatic carbocycles. The molecule has 1 fully saturated rings. The van der Waals surface area contributed by atoms with Gasteiger partial charge < -0.3 is 9.84 Å². The van der Waals surface area contributed by atoms with Gasteiger partial charge in [-0.2, -0.15) is 4.31 Å². The van der Waals surface area contributed by atoms with E-state index in [-0.39, 0.29) is 42.6 Å². The largest absolute Gasteiger partial charge is 0.493 e. The maximum absolute atomic E-state index is 13.7. The van der Waals surface area contributed by atoms with E-state index in [0.717, 1.165) is 6.07 Å². The molecule has 6 nitrogen and oxygen atoms in total. The molecule has 0 unspecified atom stereocenters. The van der Waals surface area contributed by atoms with Crippen LogP contribution in [0.3, 0.4) is 0 Å². The van der Waals surface area contributed by atoms with Crippen molar-refractivity contribution in [3.63, 3.8) is 0 Å². The number of aliphatic hydroxyl groups excluding tert-OH is 1. The van der Waals surface area contributed by atoms with Crippen LogP contribution in [0.5, 0.6) is 5.75 Å². The van der Waals surface area contributed by atoms with Gasteiger partial charge in [-0.25, -0.2) is 17.7 Å². The minimum Gasteiger partial charge on any atom is -0.493 e. The second-order valence-corrected chi connectivity index (χ2v) is 9.20. The molecule has 148 valence electrons. The first-order valence-corrected chi connectivity index (χ1v) is 10.2. The van der Waals surface area contributed by atoms with E-state index < -0.39 is 21.3 Å². The lowest BCUT2D eigenvalue weighted by molar-refractivity contribution is -0.0273. The zero-order valence-corrected chi connectivity index (χ0v) is 16.6. The molecular formula is C19H18ClFN2O4S. The summed E-state index contributed by atoms with van der Waals surface area (Å²) in [7, 11) is -3.71. The van der Waals surface area contributed by atoms with E-state index in [9.17, 15) is 17.9 Å². The van der Waals surface area contributed by atoms with E-state index in [4.69, 9.17) is 22.9 Å². The topological polar surface area (TPSA) is 71.2 Å². The van der Waals surface area contributed by atoms with Gasteiger partial charge in [0.15, 0.2) is 0 Å². The van der Waals surface area contributed by atoms with Gasteiger partial charge in [-0.05, 0) is 42.8 Å². The van der Waals surface area contributed by atoms with E-state index in [2.05, 4.69) is 4.85 Å². The standard InChI is InChI=1S/C19H18ClFN2O4S/c1-13-7-14(20)3-6-18(13)28(25,26)23-9-19(10-23,11-24)12-27-15-4-5-17(22-2)16(21)8-15/h3-8,24H,9-12H2,1H3. The fraction of sp³-hybridized carbons (Fsp3) is 0.316. The second kappa shape index (κ2) is 7.68. The lowest BCUT2D eigenvalue weighted by atomic mass is 9.83. The van der Waals surface area contributed by atoms with Crippen molar-refractivity contribution in [1.82, 2.24) is 4.31 Å². The Balaban J connectivity index is 1.69. The Hall–Kier alpha value is -2.18. The molecule has 1 N–H and O–H groups in total. The summed E-state index contributed by atoms with van der Waals surface area (Å²) in [5.74, 6) is -0.478. The lowest BCUT2D eigenvalue weighted by Crippen LogP contribution is -2.62. The maximum Gasteiger partial charge on any atom is 0.243 e. The molecule has 0 aromatic heterocycles. The molecule has 1 aliphatic heterocycles. The first kappa shape index (κ1) is 20.6. The summed E-state index contributed by atoms with van der Waals surface area (Å²) in [4.78, 5) is 3.21. The summed E-state index contributed by atoms with van der Waals surface area (Å²) in [6, 6.07) is 8.44. The van der Waals surface area contributed by atoms with Gasteiger partial charge in [0.05, 0.1) is 30.1 Å². The van der Waals surface area contributed by atoms with Gasteiger partial charge in [0, 0.05) is 24.2 Å². The third-order valence-electron chi connectivity index (χ3n) is 4.70. The zero-order chi connectivity index (χ0) is 20.5. The van der Waals surface area contributed by atoms with Crippen LogP contribution in [0.15, 0.2) is 41.3 Å². The van der Waals surface area contributed by atoms with Crippen molar-refractivity contribution < 1.29 is 22.7 Å². The van der Waals surface area contributed by atoms with Crippen molar-refractivity contribution in [2.75, 3.05) is 26.3 Å². The van der Waals surface area contributed by atoms with Crippen molar-refractivity contribution in [1.29, 1.82) is 0 Å². The number of aliphatic hydroxyl groups is 1. The molecule has 1 heterocycles. The van der Waals surface area contributed by atoms with Gasteiger partial charge in [-0.15, -0.1) is 0 Å². The Morgan fingerprint density at radius 1 is 1.32 bits per heavy atom. The number of aryl methyl sites for hydroxylation is 1. The highest BCUT2D eigenvalue weighted by Gasteiger charge is 2.49. The van der Waals surface area contributed by atoms with Gasteiger partial charge >= 0.3 is 0 Å². The number of ether oxygens (including phenoxy) is 1. The molecule has 0 radical (unpaired) electrons. The predicted octanol–water partition coefficient (Wildman–Crippen LogP) is 3.40. The average Bonchev–Trinajstić information content (AvgIpc) is 2.60. The number of sulfonamides is 1. The van der Waals surface area contributed by atoms with Crippen LogP contribution >= 0.6 is 11.6 Å². The lowest BCUT2D eigenvalue weighted by Gasteiger charge is -2.47. The quantitative estimate of drug-likeness (QED) is 0.721. The highest BCUT2D eigenvalue weighted by molar-refractivity contribution is 7.89.